The summed E-state index contributed by atoms with van der Waals surface area (Å²) < 4.78 is 28.4. The first kappa shape index (κ1) is 28.8. The maximum atomic E-state index is 13.8. The van der Waals surface area contributed by atoms with Crippen molar-refractivity contribution < 1.29 is 18.0 Å². The summed E-state index contributed by atoms with van der Waals surface area (Å²) in [5, 5.41) is 3.49. The number of nitrogens with one attached hydrogen (secondary N) is 1. The highest BCUT2D eigenvalue weighted by Crippen LogP contribution is 2.30. The van der Waals surface area contributed by atoms with Crippen molar-refractivity contribution in [3.8, 4) is 0 Å². The van der Waals surface area contributed by atoms with Gasteiger partial charge < -0.3 is 10.2 Å². The van der Waals surface area contributed by atoms with E-state index in [-0.39, 0.29) is 17.1 Å². The molecule has 0 aliphatic rings. The first-order valence-corrected chi connectivity index (χ1v) is 13.8. The molecule has 0 aromatic heterocycles. The molecule has 0 bridgehead atoms. The molecule has 1 atom stereocenters. The highest BCUT2D eigenvalue weighted by atomic mass is 35.5. The summed E-state index contributed by atoms with van der Waals surface area (Å²) in [6, 6.07) is 16.4. The number of aryl methyl sites for hydroxylation is 1. The average Bonchev–Trinajstić information content (AvgIpc) is 2.88. The fourth-order valence-corrected chi connectivity index (χ4v) is 5.75. The Hall–Kier alpha value is -2.78. The number of carbonyl (C=O) groups excluding carboxylic acids is 2. The Morgan fingerprint density at radius 1 is 0.919 bits per heavy atom. The predicted molar refractivity (Wildman–Crippen MR) is 148 cm³/mol. The van der Waals surface area contributed by atoms with Crippen LogP contribution >= 0.6 is 34.8 Å². The first-order chi connectivity index (χ1) is 17.5. The van der Waals surface area contributed by atoms with Crippen molar-refractivity contribution in [3.05, 3.63) is 92.9 Å². The Morgan fingerprint density at radius 3 is 2.11 bits per heavy atom. The van der Waals surface area contributed by atoms with Gasteiger partial charge in [0.2, 0.25) is 11.8 Å². The fraction of sp³-hybridized carbons (Fsp3) is 0.231. The van der Waals surface area contributed by atoms with E-state index in [1.165, 1.54) is 30.1 Å². The number of amides is 2. The number of halogens is 3. The lowest BCUT2D eigenvalue weighted by molar-refractivity contribution is -0.139. The third kappa shape index (κ3) is 6.57. The standard InChI is InChI=1S/C26H26Cl3N3O4S/c1-17-12-13-19(14-24(17)29)32(37(35,36)20-8-5-4-6-9-20)16-25(33)31(18(2)26(34)30-3)15-21-22(27)10-7-11-23(21)28/h4-14,18H,15-16H2,1-3H3,(H,30,34)/t18-/m0/s1. The number of nitrogens with zero attached hydrogens (tertiary/aromatic N) is 2. The van der Waals surface area contributed by atoms with E-state index in [1.807, 2.05) is 0 Å². The minimum absolute atomic E-state index is 0.000421. The highest BCUT2D eigenvalue weighted by molar-refractivity contribution is 7.92. The zero-order chi connectivity index (χ0) is 27.3. The quantitative estimate of drug-likeness (QED) is 0.370. The Balaban J connectivity index is 2.08. The molecule has 0 aliphatic carbocycles. The fourth-order valence-electron chi connectivity index (χ4n) is 3.63. The lowest BCUT2D eigenvalue weighted by Gasteiger charge is -2.32. The van der Waals surface area contributed by atoms with Gasteiger partial charge in [0.05, 0.1) is 10.6 Å². The van der Waals surface area contributed by atoms with Crippen LogP contribution in [0.5, 0.6) is 0 Å². The maximum Gasteiger partial charge on any atom is 0.264 e. The zero-order valence-electron chi connectivity index (χ0n) is 20.4. The number of likely N-dealkylation sites (N-methyl/N-ethyl adjacent to an activating group) is 1. The van der Waals surface area contributed by atoms with Crippen LogP contribution in [0.1, 0.15) is 18.1 Å². The smallest absolute Gasteiger partial charge is 0.264 e. The van der Waals surface area contributed by atoms with E-state index < -0.39 is 34.4 Å². The van der Waals surface area contributed by atoms with Gasteiger partial charge in [-0.2, -0.15) is 0 Å². The molecule has 3 rings (SSSR count). The normalized spacial score (nSPS) is 12.1. The van der Waals surface area contributed by atoms with Crippen molar-refractivity contribution in [1.82, 2.24) is 10.2 Å². The zero-order valence-corrected chi connectivity index (χ0v) is 23.5. The number of carbonyl (C=O) groups is 2. The van der Waals surface area contributed by atoms with E-state index in [2.05, 4.69) is 5.32 Å². The molecule has 0 saturated heterocycles. The van der Waals surface area contributed by atoms with Gasteiger partial charge >= 0.3 is 0 Å². The predicted octanol–water partition coefficient (Wildman–Crippen LogP) is 5.31. The van der Waals surface area contributed by atoms with Gasteiger partial charge in [-0.15, -0.1) is 0 Å². The molecule has 7 nitrogen and oxygen atoms in total. The summed E-state index contributed by atoms with van der Waals surface area (Å²) >= 11 is 19.0. The third-order valence-electron chi connectivity index (χ3n) is 5.86. The lowest BCUT2D eigenvalue weighted by Crippen LogP contribution is -2.50. The van der Waals surface area contributed by atoms with E-state index in [4.69, 9.17) is 34.8 Å². The maximum absolute atomic E-state index is 13.8. The van der Waals surface area contributed by atoms with Gasteiger partial charge in [-0.05, 0) is 55.8 Å². The number of hydrogen-bond acceptors (Lipinski definition) is 4. The van der Waals surface area contributed by atoms with Gasteiger partial charge in [-0.3, -0.25) is 13.9 Å². The van der Waals surface area contributed by atoms with Gasteiger partial charge in [-0.25, -0.2) is 8.42 Å². The van der Waals surface area contributed by atoms with Gasteiger partial charge in [0.15, 0.2) is 0 Å². The molecule has 196 valence electrons. The summed E-state index contributed by atoms with van der Waals surface area (Å²) in [5.41, 5.74) is 1.39. The van der Waals surface area contributed by atoms with Crippen LogP contribution in [0.3, 0.4) is 0 Å². The molecule has 0 saturated carbocycles. The molecular weight excluding hydrogens is 557 g/mol. The summed E-state index contributed by atoms with van der Waals surface area (Å²) in [5.74, 6) is -1.07. The van der Waals surface area contributed by atoms with Crippen molar-refractivity contribution >= 4 is 62.3 Å². The minimum atomic E-state index is -4.18. The molecular formula is C26H26Cl3N3O4S. The first-order valence-electron chi connectivity index (χ1n) is 11.2. The molecule has 3 aromatic carbocycles. The Morgan fingerprint density at radius 2 is 1.54 bits per heavy atom. The Labute approximate surface area is 232 Å². The van der Waals surface area contributed by atoms with E-state index in [0.717, 1.165) is 9.87 Å². The van der Waals surface area contributed by atoms with Gasteiger partial charge in [-0.1, -0.05) is 65.1 Å². The summed E-state index contributed by atoms with van der Waals surface area (Å²) in [6.07, 6.45) is 0. The molecule has 0 heterocycles. The number of hydrogen-bond donors (Lipinski definition) is 1. The van der Waals surface area contributed by atoms with Crippen LogP contribution in [0.4, 0.5) is 5.69 Å². The van der Waals surface area contributed by atoms with Crippen LogP contribution in [0.25, 0.3) is 0 Å². The molecule has 3 aromatic rings. The van der Waals surface area contributed by atoms with Crippen molar-refractivity contribution in [1.29, 1.82) is 0 Å². The van der Waals surface area contributed by atoms with Crippen molar-refractivity contribution in [2.24, 2.45) is 0 Å². The Kier molecular flexibility index (Phi) is 9.47. The molecule has 0 unspecified atom stereocenters. The second-order valence-corrected chi connectivity index (χ2v) is 11.4. The van der Waals surface area contributed by atoms with Crippen LogP contribution in [0.2, 0.25) is 15.1 Å². The lowest BCUT2D eigenvalue weighted by atomic mass is 10.1. The number of rotatable bonds is 9. The third-order valence-corrected chi connectivity index (χ3v) is 8.76. The molecule has 0 spiro atoms. The van der Waals surface area contributed by atoms with Crippen LogP contribution in [0.15, 0.2) is 71.6 Å². The number of anilines is 1. The summed E-state index contributed by atoms with van der Waals surface area (Å²) in [7, 11) is -2.73. The number of sulfonamides is 1. The van der Waals surface area contributed by atoms with Crippen LogP contribution < -0.4 is 9.62 Å². The van der Waals surface area contributed by atoms with E-state index in [9.17, 15) is 18.0 Å². The van der Waals surface area contributed by atoms with E-state index in [0.29, 0.717) is 20.6 Å². The van der Waals surface area contributed by atoms with Crippen molar-refractivity contribution in [3.63, 3.8) is 0 Å². The highest BCUT2D eigenvalue weighted by Gasteiger charge is 2.33. The van der Waals surface area contributed by atoms with Crippen molar-refractivity contribution in [2.75, 3.05) is 17.9 Å². The average molecular weight is 583 g/mol. The Bertz CT molecular complexity index is 1380. The van der Waals surface area contributed by atoms with Gasteiger partial charge in [0.25, 0.3) is 10.0 Å². The van der Waals surface area contributed by atoms with Gasteiger partial charge in [0.1, 0.15) is 12.6 Å². The molecule has 2 amide bonds. The minimum Gasteiger partial charge on any atom is -0.357 e. The topological polar surface area (TPSA) is 86.8 Å². The molecule has 37 heavy (non-hydrogen) atoms. The molecule has 0 radical (unpaired) electrons. The van der Waals surface area contributed by atoms with Crippen LogP contribution in [0, 0.1) is 6.92 Å². The van der Waals surface area contributed by atoms with Crippen LogP contribution in [-0.2, 0) is 26.2 Å². The van der Waals surface area contributed by atoms with Crippen LogP contribution in [-0.4, -0.2) is 44.8 Å². The molecule has 0 aliphatic heterocycles. The van der Waals surface area contributed by atoms with Crippen molar-refractivity contribution in [2.45, 2.75) is 31.3 Å². The SMILES string of the molecule is CNC(=O)[C@H](C)N(Cc1c(Cl)cccc1Cl)C(=O)CN(c1ccc(C)c(Cl)c1)S(=O)(=O)c1ccccc1. The van der Waals surface area contributed by atoms with Gasteiger partial charge in [0, 0.05) is 34.2 Å². The second-order valence-electron chi connectivity index (χ2n) is 8.27. The monoisotopic (exact) mass is 581 g/mol. The summed E-state index contributed by atoms with van der Waals surface area (Å²) in [4.78, 5) is 27.6. The number of benzene rings is 3. The van der Waals surface area contributed by atoms with E-state index >= 15 is 0 Å². The molecule has 0 fully saturated rings. The summed E-state index contributed by atoms with van der Waals surface area (Å²) in [6.45, 7) is 2.62. The molecule has 1 N–H and O–H groups in total. The second kappa shape index (κ2) is 12.2. The largest absolute Gasteiger partial charge is 0.357 e. The molecule has 11 heteroatoms. The van der Waals surface area contributed by atoms with E-state index in [1.54, 1.807) is 62.4 Å².